The molecule has 1 rings (SSSR count). The molecule has 0 aliphatic carbocycles. The van der Waals surface area contributed by atoms with Crippen molar-refractivity contribution in [1.82, 2.24) is 20.6 Å². The number of aromatic nitrogens is 2. The molecule has 0 aliphatic heterocycles. The third-order valence-corrected chi connectivity index (χ3v) is 2.23. The topological polar surface area (TPSA) is 86.9 Å². The van der Waals surface area contributed by atoms with Gasteiger partial charge < -0.3 is 15.6 Å². The lowest BCUT2D eigenvalue weighted by Gasteiger charge is -2.04. The standard InChI is InChI=1S/C11H18N4O2/c1-9(16)13-5-2-3-11(17)14-6-4-10-7-12-8-15-10/h7-8H,2-6H2,1H3,(H,12,15)(H,13,16)(H,14,17). The molecule has 0 aromatic carbocycles. The maximum Gasteiger partial charge on any atom is 0.220 e. The van der Waals surface area contributed by atoms with Crippen molar-refractivity contribution >= 4 is 11.8 Å². The van der Waals surface area contributed by atoms with E-state index in [-0.39, 0.29) is 11.8 Å². The minimum atomic E-state index is -0.0651. The molecule has 2 amide bonds. The van der Waals surface area contributed by atoms with E-state index in [1.165, 1.54) is 6.92 Å². The number of nitrogens with one attached hydrogen (secondary N) is 3. The summed E-state index contributed by atoms with van der Waals surface area (Å²) in [5.41, 5.74) is 1.00. The fourth-order valence-corrected chi connectivity index (χ4v) is 1.36. The van der Waals surface area contributed by atoms with Crippen molar-refractivity contribution in [2.24, 2.45) is 0 Å². The van der Waals surface area contributed by atoms with Gasteiger partial charge in [-0.2, -0.15) is 0 Å². The van der Waals surface area contributed by atoms with Gasteiger partial charge in [-0.1, -0.05) is 0 Å². The van der Waals surface area contributed by atoms with Crippen LogP contribution in [0.15, 0.2) is 12.5 Å². The second-order valence-electron chi connectivity index (χ2n) is 3.76. The number of hydrogen-bond donors (Lipinski definition) is 3. The first-order valence-corrected chi connectivity index (χ1v) is 5.67. The van der Waals surface area contributed by atoms with Crippen LogP contribution in [0.1, 0.15) is 25.5 Å². The van der Waals surface area contributed by atoms with Crippen molar-refractivity contribution in [1.29, 1.82) is 0 Å². The summed E-state index contributed by atoms with van der Waals surface area (Å²) in [5.74, 6) is -0.0560. The maximum absolute atomic E-state index is 11.4. The zero-order chi connectivity index (χ0) is 12.5. The Labute approximate surface area is 100 Å². The van der Waals surface area contributed by atoms with Crippen molar-refractivity contribution in [2.75, 3.05) is 13.1 Å². The molecule has 0 aliphatic rings. The number of rotatable bonds is 7. The van der Waals surface area contributed by atoms with E-state index in [4.69, 9.17) is 0 Å². The third kappa shape index (κ3) is 6.34. The molecule has 0 radical (unpaired) electrons. The molecule has 0 saturated heterocycles. The first kappa shape index (κ1) is 13.2. The normalized spacial score (nSPS) is 9.94. The molecular formula is C11H18N4O2. The summed E-state index contributed by atoms with van der Waals surface area (Å²) in [6.07, 6.45) is 5.20. The van der Waals surface area contributed by atoms with Crippen LogP contribution >= 0.6 is 0 Å². The van der Waals surface area contributed by atoms with Gasteiger partial charge in [0, 0.05) is 44.7 Å². The Morgan fingerprint density at radius 2 is 2.18 bits per heavy atom. The van der Waals surface area contributed by atoms with Gasteiger partial charge in [0.1, 0.15) is 0 Å². The number of imidazole rings is 1. The van der Waals surface area contributed by atoms with E-state index >= 15 is 0 Å². The zero-order valence-corrected chi connectivity index (χ0v) is 9.95. The Bertz CT molecular complexity index is 348. The van der Waals surface area contributed by atoms with E-state index in [2.05, 4.69) is 20.6 Å². The summed E-state index contributed by atoms with van der Waals surface area (Å²) >= 11 is 0. The first-order chi connectivity index (χ1) is 8.18. The maximum atomic E-state index is 11.4. The van der Waals surface area contributed by atoms with Crippen LogP contribution < -0.4 is 10.6 Å². The van der Waals surface area contributed by atoms with Gasteiger partial charge in [0.25, 0.3) is 0 Å². The molecule has 0 fully saturated rings. The van der Waals surface area contributed by atoms with Crippen molar-refractivity contribution in [3.8, 4) is 0 Å². The average molecular weight is 238 g/mol. The number of H-pyrrole nitrogens is 1. The second-order valence-corrected chi connectivity index (χ2v) is 3.76. The van der Waals surface area contributed by atoms with Gasteiger partial charge >= 0.3 is 0 Å². The van der Waals surface area contributed by atoms with Crippen molar-refractivity contribution < 1.29 is 9.59 Å². The van der Waals surface area contributed by atoms with Crippen LogP contribution in [0.25, 0.3) is 0 Å². The highest BCUT2D eigenvalue weighted by atomic mass is 16.2. The molecule has 0 saturated carbocycles. The first-order valence-electron chi connectivity index (χ1n) is 5.67. The lowest BCUT2D eigenvalue weighted by atomic mass is 10.2. The third-order valence-electron chi connectivity index (χ3n) is 2.23. The number of carbonyl (C=O) groups excluding carboxylic acids is 2. The molecule has 3 N–H and O–H groups in total. The summed E-state index contributed by atoms with van der Waals surface area (Å²) in [6, 6.07) is 0. The Hall–Kier alpha value is -1.85. The Morgan fingerprint density at radius 1 is 1.35 bits per heavy atom. The summed E-state index contributed by atoms with van der Waals surface area (Å²) in [7, 11) is 0. The van der Waals surface area contributed by atoms with Gasteiger partial charge in [0.15, 0.2) is 0 Å². The SMILES string of the molecule is CC(=O)NCCCC(=O)NCCc1cnc[nH]1. The molecule has 6 nitrogen and oxygen atoms in total. The van der Waals surface area contributed by atoms with Crippen LogP contribution in [-0.4, -0.2) is 34.9 Å². The fourth-order valence-electron chi connectivity index (χ4n) is 1.36. The van der Waals surface area contributed by atoms with Crippen molar-refractivity contribution in [2.45, 2.75) is 26.2 Å². The molecule has 0 unspecified atom stereocenters. The highest BCUT2D eigenvalue weighted by Gasteiger charge is 2.01. The summed E-state index contributed by atoms with van der Waals surface area (Å²) in [5, 5.41) is 5.46. The molecule has 0 spiro atoms. The number of amides is 2. The molecule has 17 heavy (non-hydrogen) atoms. The van der Waals surface area contributed by atoms with Crippen LogP contribution in [0.5, 0.6) is 0 Å². The molecule has 1 heterocycles. The van der Waals surface area contributed by atoms with Gasteiger partial charge in [-0.25, -0.2) is 4.98 Å². The summed E-state index contributed by atoms with van der Waals surface area (Å²) in [6.45, 7) is 2.61. The summed E-state index contributed by atoms with van der Waals surface area (Å²) < 4.78 is 0. The van der Waals surface area contributed by atoms with Crippen LogP contribution in [0.4, 0.5) is 0 Å². The van der Waals surface area contributed by atoms with Gasteiger partial charge in [0.05, 0.1) is 6.33 Å². The minimum Gasteiger partial charge on any atom is -0.356 e. The molecule has 6 heteroatoms. The Balaban J connectivity index is 1.99. The lowest BCUT2D eigenvalue weighted by molar-refractivity contribution is -0.122. The molecular weight excluding hydrogens is 220 g/mol. The van der Waals surface area contributed by atoms with E-state index in [9.17, 15) is 9.59 Å². The van der Waals surface area contributed by atoms with Crippen LogP contribution in [-0.2, 0) is 16.0 Å². The highest BCUT2D eigenvalue weighted by molar-refractivity contribution is 5.76. The van der Waals surface area contributed by atoms with Gasteiger partial charge in [0.2, 0.25) is 11.8 Å². The predicted molar refractivity (Wildman–Crippen MR) is 63.2 cm³/mol. The van der Waals surface area contributed by atoms with Gasteiger partial charge in [-0.05, 0) is 6.42 Å². The number of aromatic amines is 1. The van der Waals surface area contributed by atoms with Crippen LogP contribution in [0.3, 0.4) is 0 Å². The van der Waals surface area contributed by atoms with Crippen molar-refractivity contribution in [3.63, 3.8) is 0 Å². The smallest absolute Gasteiger partial charge is 0.220 e. The number of nitrogens with zero attached hydrogens (tertiary/aromatic N) is 1. The van der Waals surface area contributed by atoms with E-state index in [1.54, 1.807) is 12.5 Å². The van der Waals surface area contributed by atoms with E-state index < -0.39 is 0 Å². The quantitative estimate of drug-likeness (QED) is 0.584. The Morgan fingerprint density at radius 3 is 2.82 bits per heavy atom. The molecule has 1 aromatic heterocycles. The average Bonchev–Trinajstić information content (AvgIpc) is 2.77. The zero-order valence-electron chi connectivity index (χ0n) is 9.95. The van der Waals surface area contributed by atoms with E-state index in [0.29, 0.717) is 25.9 Å². The number of hydrogen-bond acceptors (Lipinski definition) is 3. The molecule has 94 valence electrons. The van der Waals surface area contributed by atoms with Crippen LogP contribution in [0, 0.1) is 0 Å². The molecule has 0 atom stereocenters. The monoisotopic (exact) mass is 238 g/mol. The minimum absolute atomic E-state index is 0.00914. The van der Waals surface area contributed by atoms with Crippen molar-refractivity contribution in [3.05, 3.63) is 18.2 Å². The largest absolute Gasteiger partial charge is 0.356 e. The number of carbonyl (C=O) groups is 2. The fraction of sp³-hybridized carbons (Fsp3) is 0.545. The second kappa shape index (κ2) is 7.43. The van der Waals surface area contributed by atoms with Gasteiger partial charge in [-0.15, -0.1) is 0 Å². The van der Waals surface area contributed by atoms with E-state index in [0.717, 1.165) is 12.1 Å². The summed E-state index contributed by atoms with van der Waals surface area (Å²) in [4.78, 5) is 28.8. The van der Waals surface area contributed by atoms with Gasteiger partial charge in [-0.3, -0.25) is 9.59 Å². The highest BCUT2D eigenvalue weighted by Crippen LogP contribution is 1.92. The van der Waals surface area contributed by atoms with Crippen LogP contribution in [0.2, 0.25) is 0 Å². The molecule has 1 aromatic rings. The molecule has 0 bridgehead atoms. The Kier molecular flexibility index (Phi) is 5.77. The predicted octanol–water partition coefficient (Wildman–Crippen LogP) is -0.0153. The lowest BCUT2D eigenvalue weighted by Crippen LogP contribution is -2.27. The van der Waals surface area contributed by atoms with E-state index in [1.807, 2.05) is 0 Å².